The molecule has 0 saturated heterocycles. The zero-order valence-electron chi connectivity index (χ0n) is 9.30. The number of aliphatic hydroxyl groups excluding tert-OH is 2. The van der Waals surface area contributed by atoms with Crippen LogP contribution in [0.2, 0.25) is 0 Å². The summed E-state index contributed by atoms with van der Waals surface area (Å²) in [6, 6.07) is 0. The van der Waals surface area contributed by atoms with Crippen molar-refractivity contribution in [3.8, 4) is 0 Å². The number of carbonyl (C=O) groups excluding carboxylic acids is 2. The van der Waals surface area contributed by atoms with E-state index in [1.807, 2.05) is 0 Å². The van der Waals surface area contributed by atoms with Crippen LogP contribution in [0.1, 0.15) is 12.8 Å². The van der Waals surface area contributed by atoms with Crippen LogP contribution in [0.5, 0.6) is 0 Å². The van der Waals surface area contributed by atoms with Gasteiger partial charge in [0.1, 0.15) is 0 Å². The van der Waals surface area contributed by atoms with Crippen LogP contribution >= 0.6 is 0 Å². The smallest absolute Gasteiger partial charge is 0.323 e. The predicted molar refractivity (Wildman–Crippen MR) is 52.3 cm³/mol. The first kappa shape index (κ1) is 12.9. The molecule has 1 fully saturated rings. The SMILES string of the molecule is COC(=O)C1(C(=O)OC)C[C@H](CO)[C@@H](O)C1. The number of methoxy groups -OCH3 is 2. The lowest BCUT2D eigenvalue weighted by molar-refractivity contribution is -0.169. The van der Waals surface area contributed by atoms with E-state index in [2.05, 4.69) is 9.47 Å². The lowest BCUT2D eigenvalue weighted by atomic mass is 9.85. The molecule has 0 aliphatic heterocycles. The summed E-state index contributed by atoms with van der Waals surface area (Å²) >= 11 is 0. The molecule has 0 amide bonds. The second-order valence-electron chi connectivity index (χ2n) is 3.98. The van der Waals surface area contributed by atoms with Gasteiger partial charge < -0.3 is 19.7 Å². The van der Waals surface area contributed by atoms with E-state index in [1.54, 1.807) is 0 Å². The lowest BCUT2D eigenvalue weighted by Crippen LogP contribution is -2.39. The third-order valence-corrected chi connectivity index (χ3v) is 3.10. The number of hydrogen-bond acceptors (Lipinski definition) is 6. The van der Waals surface area contributed by atoms with Gasteiger partial charge in [0.2, 0.25) is 0 Å². The van der Waals surface area contributed by atoms with Gasteiger partial charge in [0, 0.05) is 18.9 Å². The standard InChI is InChI=1S/C10H16O6/c1-15-8(13)10(9(14)16-2)3-6(5-11)7(12)4-10/h6-7,11-12H,3-5H2,1-2H3/t6-,7+/m1/s1. The average molecular weight is 232 g/mol. The van der Waals surface area contributed by atoms with Crippen LogP contribution in [0.4, 0.5) is 0 Å². The molecule has 6 nitrogen and oxygen atoms in total. The fraction of sp³-hybridized carbons (Fsp3) is 0.800. The summed E-state index contributed by atoms with van der Waals surface area (Å²) in [5, 5.41) is 18.7. The summed E-state index contributed by atoms with van der Waals surface area (Å²) in [5.74, 6) is -1.96. The Morgan fingerprint density at radius 1 is 1.25 bits per heavy atom. The Morgan fingerprint density at radius 3 is 2.06 bits per heavy atom. The maximum absolute atomic E-state index is 11.6. The van der Waals surface area contributed by atoms with Gasteiger partial charge in [0.15, 0.2) is 5.41 Å². The fourth-order valence-corrected chi connectivity index (χ4v) is 2.18. The van der Waals surface area contributed by atoms with Gasteiger partial charge in [-0.3, -0.25) is 9.59 Å². The van der Waals surface area contributed by atoms with Gasteiger partial charge >= 0.3 is 11.9 Å². The molecule has 2 atom stereocenters. The molecule has 0 aromatic carbocycles. The molecule has 1 rings (SSSR count). The maximum Gasteiger partial charge on any atom is 0.323 e. The van der Waals surface area contributed by atoms with Crippen molar-refractivity contribution in [2.75, 3.05) is 20.8 Å². The minimum atomic E-state index is -1.48. The van der Waals surface area contributed by atoms with Gasteiger partial charge in [-0.15, -0.1) is 0 Å². The van der Waals surface area contributed by atoms with E-state index >= 15 is 0 Å². The van der Waals surface area contributed by atoms with Crippen LogP contribution in [0.3, 0.4) is 0 Å². The first-order valence-corrected chi connectivity index (χ1v) is 4.97. The highest BCUT2D eigenvalue weighted by molar-refractivity contribution is 6.00. The Bertz CT molecular complexity index is 271. The van der Waals surface area contributed by atoms with Crippen molar-refractivity contribution < 1.29 is 29.3 Å². The van der Waals surface area contributed by atoms with Crippen molar-refractivity contribution in [1.82, 2.24) is 0 Å². The second kappa shape index (κ2) is 4.80. The molecular formula is C10H16O6. The third-order valence-electron chi connectivity index (χ3n) is 3.10. The molecule has 0 bridgehead atoms. The normalized spacial score (nSPS) is 27.5. The van der Waals surface area contributed by atoms with Crippen LogP contribution in [0.25, 0.3) is 0 Å². The highest BCUT2D eigenvalue weighted by Crippen LogP contribution is 2.43. The number of carbonyl (C=O) groups is 2. The van der Waals surface area contributed by atoms with Crippen LogP contribution in [-0.2, 0) is 19.1 Å². The van der Waals surface area contributed by atoms with Crippen molar-refractivity contribution >= 4 is 11.9 Å². The summed E-state index contributed by atoms with van der Waals surface area (Å²) in [4.78, 5) is 23.3. The lowest BCUT2D eigenvalue weighted by Gasteiger charge is -2.22. The number of esters is 2. The van der Waals surface area contributed by atoms with Crippen LogP contribution < -0.4 is 0 Å². The molecule has 0 radical (unpaired) electrons. The molecule has 0 aromatic rings. The van der Waals surface area contributed by atoms with Crippen LogP contribution in [0.15, 0.2) is 0 Å². The van der Waals surface area contributed by atoms with Gasteiger partial charge in [0.05, 0.1) is 20.3 Å². The van der Waals surface area contributed by atoms with Crippen LogP contribution in [-0.4, -0.2) is 49.1 Å². The van der Waals surface area contributed by atoms with Gasteiger partial charge in [-0.1, -0.05) is 0 Å². The summed E-state index contributed by atoms with van der Waals surface area (Å²) in [6.45, 7) is -0.281. The summed E-state index contributed by atoms with van der Waals surface area (Å²) < 4.78 is 9.14. The zero-order chi connectivity index (χ0) is 12.3. The van der Waals surface area contributed by atoms with E-state index in [1.165, 1.54) is 14.2 Å². The van der Waals surface area contributed by atoms with Crippen molar-refractivity contribution in [3.05, 3.63) is 0 Å². The van der Waals surface area contributed by atoms with E-state index in [9.17, 15) is 14.7 Å². The fourth-order valence-electron chi connectivity index (χ4n) is 2.18. The highest BCUT2D eigenvalue weighted by atomic mass is 16.5. The molecule has 0 heterocycles. The summed E-state index contributed by atoms with van der Waals surface area (Å²) in [5.41, 5.74) is -1.48. The maximum atomic E-state index is 11.6. The van der Waals surface area contributed by atoms with E-state index in [0.29, 0.717) is 0 Å². The highest BCUT2D eigenvalue weighted by Gasteiger charge is 2.56. The van der Waals surface area contributed by atoms with Crippen molar-refractivity contribution in [2.24, 2.45) is 11.3 Å². The number of rotatable bonds is 3. The average Bonchev–Trinajstić information content (AvgIpc) is 2.65. The Labute approximate surface area is 93.2 Å². The van der Waals surface area contributed by atoms with E-state index in [-0.39, 0.29) is 19.4 Å². The summed E-state index contributed by atoms with van der Waals surface area (Å²) in [7, 11) is 2.34. The monoisotopic (exact) mass is 232 g/mol. The topological polar surface area (TPSA) is 93.1 Å². The van der Waals surface area contributed by atoms with Gasteiger partial charge in [-0.05, 0) is 6.42 Å². The number of ether oxygens (including phenoxy) is 2. The minimum Gasteiger partial charge on any atom is -0.468 e. The Morgan fingerprint density at radius 2 is 1.75 bits per heavy atom. The first-order chi connectivity index (χ1) is 7.51. The largest absolute Gasteiger partial charge is 0.468 e. The molecule has 1 aliphatic carbocycles. The van der Waals surface area contributed by atoms with E-state index in [0.717, 1.165) is 0 Å². The second-order valence-corrected chi connectivity index (χ2v) is 3.98. The van der Waals surface area contributed by atoms with Crippen LogP contribution in [0, 0.1) is 11.3 Å². The van der Waals surface area contributed by atoms with Crippen molar-refractivity contribution in [3.63, 3.8) is 0 Å². The number of hydrogen-bond donors (Lipinski definition) is 2. The molecule has 92 valence electrons. The quantitative estimate of drug-likeness (QED) is 0.483. The first-order valence-electron chi connectivity index (χ1n) is 4.97. The molecule has 6 heteroatoms. The Balaban J connectivity index is 2.99. The Kier molecular flexibility index (Phi) is 3.88. The van der Waals surface area contributed by atoms with Gasteiger partial charge in [-0.25, -0.2) is 0 Å². The Hall–Kier alpha value is -1.14. The molecule has 0 unspecified atom stereocenters. The van der Waals surface area contributed by atoms with Gasteiger partial charge in [-0.2, -0.15) is 0 Å². The molecule has 2 N–H and O–H groups in total. The molecule has 16 heavy (non-hydrogen) atoms. The molecule has 1 saturated carbocycles. The molecule has 0 aromatic heterocycles. The van der Waals surface area contributed by atoms with Crippen molar-refractivity contribution in [2.45, 2.75) is 18.9 Å². The zero-order valence-corrected chi connectivity index (χ0v) is 9.30. The minimum absolute atomic E-state index is 0.0456. The van der Waals surface area contributed by atoms with Crippen molar-refractivity contribution in [1.29, 1.82) is 0 Å². The van der Waals surface area contributed by atoms with E-state index in [4.69, 9.17) is 5.11 Å². The summed E-state index contributed by atoms with van der Waals surface area (Å²) in [6.07, 6.45) is -0.926. The number of aliphatic hydroxyl groups is 2. The molecule has 1 aliphatic rings. The molecular weight excluding hydrogens is 216 g/mol. The van der Waals surface area contributed by atoms with Gasteiger partial charge in [0.25, 0.3) is 0 Å². The van der Waals surface area contributed by atoms with E-state index < -0.39 is 29.4 Å². The third kappa shape index (κ3) is 1.90. The molecule has 0 spiro atoms. The predicted octanol–water partition coefficient (Wildman–Crippen LogP) is -0.918.